The van der Waals surface area contributed by atoms with Gasteiger partial charge in [0.2, 0.25) is 0 Å². The van der Waals surface area contributed by atoms with Crippen LogP contribution in [0.1, 0.15) is 54.4 Å². The molecule has 3 aromatic rings. The maximum absolute atomic E-state index is 13.2. The molecule has 1 aliphatic heterocycles. The van der Waals surface area contributed by atoms with Crippen LogP contribution >= 0.6 is 0 Å². The van der Waals surface area contributed by atoms with Gasteiger partial charge in [-0.15, -0.1) is 0 Å². The van der Waals surface area contributed by atoms with Gasteiger partial charge in [-0.3, -0.25) is 9.78 Å². The van der Waals surface area contributed by atoms with Crippen molar-refractivity contribution in [2.45, 2.75) is 45.1 Å². The first-order chi connectivity index (χ1) is 19.6. The molecule has 40 heavy (non-hydrogen) atoms. The first kappa shape index (κ1) is 27.5. The molecule has 2 heterocycles. The Bertz CT molecular complexity index is 1250. The number of pyridine rings is 1. The molecule has 2 fully saturated rings. The summed E-state index contributed by atoms with van der Waals surface area (Å²) >= 11 is 0. The van der Waals surface area contributed by atoms with Gasteiger partial charge in [0, 0.05) is 37.8 Å². The first-order valence-corrected chi connectivity index (χ1v) is 14.3. The van der Waals surface area contributed by atoms with Gasteiger partial charge < -0.3 is 24.6 Å². The Morgan fingerprint density at radius 1 is 0.825 bits per heavy atom. The molecule has 0 radical (unpaired) electrons. The summed E-state index contributed by atoms with van der Waals surface area (Å²) in [7, 11) is 0. The zero-order valence-electron chi connectivity index (χ0n) is 23.0. The minimum atomic E-state index is -0.220. The van der Waals surface area contributed by atoms with Crippen molar-refractivity contribution in [1.29, 1.82) is 0 Å². The van der Waals surface area contributed by atoms with Gasteiger partial charge in [-0.25, -0.2) is 4.79 Å². The summed E-state index contributed by atoms with van der Waals surface area (Å²) in [4.78, 5) is 33.8. The van der Waals surface area contributed by atoms with Crippen LogP contribution < -0.4 is 14.8 Å². The van der Waals surface area contributed by atoms with Crippen molar-refractivity contribution in [2.24, 2.45) is 5.92 Å². The molecule has 0 spiro atoms. The molecule has 0 bridgehead atoms. The summed E-state index contributed by atoms with van der Waals surface area (Å²) in [5.41, 5.74) is 2.24. The number of nitrogens with zero attached hydrogens (tertiary/aromatic N) is 3. The van der Waals surface area contributed by atoms with E-state index in [-0.39, 0.29) is 11.9 Å². The van der Waals surface area contributed by atoms with E-state index in [0.717, 1.165) is 23.7 Å². The van der Waals surface area contributed by atoms with Crippen LogP contribution in [-0.4, -0.2) is 59.5 Å². The lowest BCUT2D eigenvalue weighted by molar-refractivity contribution is 0.0671. The maximum atomic E-state index is 13.2. The number of hydrogen-bond donors (Lipinski definition) is 1. The van der Waals surface area contributed by atoms with Gasteiger partial charge in [0.25, 0.3) is 5.91 Å². The maximum Gasteiger partial charge on any atom is 0.322 e. The van der Waals surface area contributed by atoms with Gasteiger partial charge in [0.05, 0.1) is 24.7 Å². The molecule has 1 saturated heterocycles. The summed E-state index contributed by atoms with van der Waals surface area (Å²) in [5.74, 6) is 2.05. The van der Waals surface area contributed by atoms with Crippen LogP contribution in [0.15, 0.2) is 73.1 Å². The third-order valence-electron chi connectivity index (χ3n) is 7.67. The fourth-order valence-corrected chi connectivity index (χ4v) is 5.34. The standard InChI is InChI=1S/C32H38N4O4/c37-31(27-12-7-13-29(20-27)39-19-14-25-8-3-1-4-9-25)35-15-17-36(18-16-35)32(38)34-28-21-30(23-33-22-28)40-24-26-10-5-2-6-11-26/h2,5-7,10-13,20-23,25H,1,3-4,8-9,14-19,24H2,(H,34,38). The lowest BCUT2D eigenvalue weighted by Gasteiger charge is -2.34. The largest absolute Gasteiger partial charge is 0.494 e. The highest BCUT2D eigenvalue weighted by Gasteiger charge is 2.25. The molecule has 0 atom stereocenters. The van der Waals surface area contributed by atoms with Gasteiger partial charge in [-0.1, -0.05) is 68.5 Å². The second kappa shape index (κ2) is 13.8. The Morgan fingerprint density at radius 2 is 1.60 bits per heavy atom. The fraction of sp³-hybridized carbons (Fsp3) is 0.406. The van der Waals surface area contributed by atoms with Crippen molar-refractivity contribution in [1.82, 2.24) is 14.8 Å². The van der Waals surface area contributed by atoms with E-state index in [4.69, 9.17) is 9.47 Å². The van der Waals surface area contributed by atoms with E-state index in [1.807, 2.05) is 54.6 Å². The van der Waals surface area contributed by atoms with Gasteiger partial charge in [0.15, 0.2) is 0 Å². The number of aromatic nitrogens is 1. The first-order valence-electron chi connectivity index (χ1n) is 14.3. The number of benzene rings is 2. The lowest BCUT2D eigenvalue weighted by atomic mass is 9.87. The molecule has 1 aliphatic carbocycles. The highest BCUT2D eigenvalue weighted by molar-refractivity contribution is 5.95. The summed E-state index contributed by atoms with van der Waals surface area (Å²) in [6, 6.07) is 18.9. The molecule has 3 amide bonds. The number of amides is 3. The Hall–Kier alpha value is -4.07. The summed E-state index contributed by atoms with van der Waals surface area (Å²) < 4.78 is 11.8. The van der Waals surface area contributed by atoms with E-state index < -0.39 is 0 Å². The normalized spacial score (nSPS) is 15.9. The van der Waals surface area contributed by atoms with Crippen LogP contribution in [0.3, 0.4) is 0 Å². The smallest absolute Gasteiger partial charge is 0.322 e. The highest BCUT2D eigenvalue weighted by Crippen LogP contribution is 2.26. The van der Waals surface area contributed by atoms with Crippen molar-refractivity contribution in [2.75, 3.05) is 38.1 Å². The predicted octanol–water partition coefficient (Wildman–Crippen LogP) is 6.00. The Labute approximate surface area is 236 Å². The monoisotopic (exact) mass is 542 g/mol. The van der Waals surface area contributed by atoms with Crippen LogP contribution in [0.2, 0.25) is 0 Å². The number of hydrogen-bond acceptors (Lipinski definition) is 5. The van der Waals surface area contributed by atoms with Crippen molar-refractivity contribution in [3.63, 3.8) is 0 Å². The Balaban J connectivity index is 1.07. The molecular weight excluding hydrogens is 504 g/mol. The molecule has 1 N–H and O–H groups in total. The number of rotatable bonds is 9. The molecule has 5 rings (SSSR count). The molecular formula is C32H38N4O4. The van der Waals surface area contributed by atoms with E-state index in [0.29, 0.717) is 56.4 Å². The summed E-state index contributed by atoms with van der Waals surface area (Å²) in [5, 5.41) is 2.90. The quantitative estimate of drug-likeness (QED) is 0.359. The number of anilines is 1. The minimum absolute atomic E-state index is 0.0368. The van der Waals surface area contributed by atoms with Gasteiger partial charge >= 0.3 is 6.03 Å². The zero-order valence-corrected chi connectivity index (χ0v) is 23.0. The third kappa shape index (κ3) is 7.74. The van der Waals surface area contributed by atoms with E-state index in [9.17, 15) is 9.59 Å². The van der Waals surface area contributed by atoms with Crippen molar-refractivity contribution in [3.05, 3.63) is 84.2 Å². The van der Waals surface area contributed by atoms with Crippen LogP contribution in [-0.2, 0) is 6.61 Å². The van der Waals surface area contributed by atoms with Crippen LogP contribution in [0.4, 0.5) is 10.5 Å². The second-order valence-corrected chi connectivity index (χ2v) is 10.6. The van der Waals surface area contributed by atoms with Crippen LogP contribution in [0.5, 0.6) is 11.5 Å². The highest BCUT2D eigenvalue weighted by atomic mass is 16.5. The van der Waals surface area contributed by atoms with Crippen molar-refractivity contribution >= 4 is 17.6 Å². The van der Waals surface area contributed by atoms with Crippen LogP contribution in [0.25, 0.3) is 0 Å². The van der Waals surface area contributed by atoms with Gasteiger partial charge in [-0.05, 0) is 36.1 Å². The molecule has 8 heteroatoms. The fourth-order valence-electron chi connectivity index (χ4n) is 5.34. The number of piperazine rings is 1. The second-order valence-electron chi connectivity index (χ2n) is 10.6. The Morgan fingerprint density at radius 3 is 2.40 bits per heavy atom. The Kier molecular flexibility index (Phi) is 9.50. The van der Waals surface area contributed by atoms with E-state index in [1.54, 1.807) is 28.3 Å². The van der Waals surface area contributed by atoms with E-state index >= 15 is 0 Å². The minimum Gasteiger partial charge on any atom is -0.494 e. The molecule has 2 aromatic carbocycles. The molecule has 8 nitrogen and oxygen atoms in total. The van der Waals surface area contributed by atoms with E-state index in [2.05, 4.69) is 10.3 Å². The summed E-state index contributed by atoms with van der Waals surface area (Å²) in [6.45, 7) is 2.95. The van der Waals surface area contributed by atoms with Crippen LogP contribution in [0, 0.1) is 5.92 Å². The average Bonchev–Trinajstić information content (AvgIpc) is 3.01. The SMILES string of the molecule is O=C(Nc1cncc(OCc2ccccc2)c1)N1CCN(C(=O)c2cccc(OCCC3CCCCC3)c2)CC1. The van der Waals surface area contributed by atoms with Gasteiger partial charge in [-0.2, -0.15) is 0 Å². The zero-order chi connectivity index (χ0) is 27.6. The lowest BCUT2D eigenvalue weighted by Crippen LogP contribution is -2.51. The number of carbonyl (C=O) groups is 2. The molecule has 0 unspecified atom stereocenters. The molecule has 210 valence electrons. The number of ether oxygens (including phenoxy) is 2. The molecule has 2 aliphatic rings. The average molecular weight is 543 g/mol. The third-order valence-corrected chi connectivity index (χ3v) is 7.67. The van der Waals surface area contributed by atoms with E-state index in [1.165, 1.54) is 32.1 Å². The predicted molar refractivity (Wildman–Crippen MR) is 155 cm³/mol. The van der Waals surface area contributed by atoms with Gasteiger partial charge in [0.1, 0.15) is 18.1 Å². The summed E-state index contributed by atoms with van der Waals surface area (Å²) in [6.07, 6.45) is 10.9. The van der Waals surface area contributed by atoms with Crippen molar-refractivity contribution in [3.8, 4) is 11.5 Å². The molecule has 1 aromatic heterocycles. The topological polar surface area (TPSA) is 84.0 Å². The number of urea groups is 1. The molecule has 1 saturated carbocycles. The number of nitrogens with one attached hydrogen (secondary N) is 1. The van der Waals surface area contributed by atoms with Crippen molar-refractivity contribution < 1.29 is 19.1 Å². The number of carbonyl (C=O) groups excluding carboxylic acids is 2.